The van der Waals surface area contributed by atoms with Crippen molar-refractivity contribution in [2.75, 3.05) is 33.4 Å². The average molecular weight is 352 g/mol. The number of thiazole rings is 1. The summed E-state index contributed by atoms with van der Waals surface area (Å²) in [5, 5.41) is 14.6. The van der Waals surface area contributed by atoms with Gasteiger partial charge in [0, 0.05) is 19.0 Å². The molecule has 1 fully saturated rings. The van der Waals surface area contributed by atoms with Crippen molar-refractivity contribution in [2.24, 2.45) is 0 Å². The number of ether oxygens (including phenoxy) is 2. The summed E-state index contributed by atoms with van der Waals surface area (Å²) in [7, 11) is 1.63. The van der Waals surface area contributed by atoms with E-state index in [0.29, 0.717) is 45.1 Å². The van der Waals surface area contributed by atoms with Crippen LogP contribution in [0.5, 0.6) is 0 Å². The topological polar surface area (TPSA) is 95.3 Å². The van der Waals surface area contributed by atoms with E-state index < -0.39 is 0 Å². The zero-order valence-corrected chi connectivity index (χ0v) is 14.5. The van der Waals surface area contributed by atoms with Crippen LogP contribution in [-0.2, 0) is 27.2 Å². The number of amides is 1. The fraction of sp³-hybridized carbons (Fsp3) is 0.643. The third-order valence-electron chi connectivity index (χ3n) is 3.77. The van der Waals surface area contributed by atoms with Gasteiger partial charge in [-0.15, -0.1) is 16.4 Å². The molecule has 0 aliphatic carbocycles. The lowest BCUT2D eigenvalue weighted by molar-refractivity contribution is -0.138. The Kier molecular flexibility index (Phi) is 5.48. The van der Waals surface area contributed by atoms with Crippen LogP contribution < -0.4 is 0 Å². The number of methoxy groups -OCH3 is 1. The van der Waals surface area contributed by atoms with Gasteiger partial charge in [-0.2, -0.15) is 0 Å². The number of hydrogen-bond donors (Lipinski definition) is 0. The summed E-state index contributed by atoms with van der Waals surface area (Å²) in [5.74, 6) is 0.665. The number of carbonyl (C=O) groups is 1. The molecule has 24 heavy (non-hydrogen) atoms. The van der Waals surface area contributed by atoms with Gasteiger partial charge in [0.1, 0.15) is 6.10 Å². The smallest absolute Gasteiger partial charge is 0.228 e. The molecule has 1 aliphatic heterocycles. The van der Waals surface area contributed by atoms with Gasteiger partial charge in [0.25, 0.3) is 0 Å². The van der Waals surface area contributed by atoms with E-state index in [4.69, 9.17) is 9.47 Å². The van der Waals surface area contributed by atoms with Crippen molar-refractivity contribution >= 4 is 17.2 Å². The summed E-state index contributed by atoms with van der Waals surface area (Å²) >= 11 is 1.55. The minimum atomic E-state index is -0.327. The number of hydrogen-bond acceptors (Lipinski definition) is 8. The quantitative estimate of drug-likeness (QED) is 0.734. The maximum absolute atomic E-state index is 12.5. The number of aryl methyl sites for hydroxylation is 1. The Morgan fingerprint density at radius 1 is 1.54 bits per heavy atom. The van der Waals surface area contributed by atoms with Crippen LogP contribution in [0.25, 0.3) is 0 Å². The Morgan fingerprint density at radius 2 is 2.42 bits per heavy atom. The van der Waals surface area contributed by atoms with Gasteiger partial charge in [0.05, 0.1) is 43.4 Å². The van der Waals surface area contributed by atoms with Crippen molar-refractivity contribution in [3.63, 3.8) is 0 Å². The van der Waals surface area contributed by atoms with E-state index >= 15 is 0 Å². The van der Waals surface area contributed by atoms with E-state index in [9.17, 15) is 4.79 Å². The Morgan fingerprint density at radius 3 is 3.17 bits per heavy atom. The van der Waals surface area contributed by atoms with Crippen molar-refractivity contribution in [2.45, 2.75) is 26.0 Å². The molecule has 0 spiro atoms. The van der Waals surface area contributed by atoms with Crippen molar-refractivity contribution in [1.29, 1.82) is 0 Å². The van der Waals surface area contributed by atoms with Gasteiger partial charge < -0.3 is 14.4 Å². The molecule has 0 unspecified atom stereocenters. The number of morpholine rings is 1. The van der Waals surface area contributed by atoms with E-state index in [2.05, 4.69) is 20.5 Å². The van der Waals surface area contributed by atoms with E-state index in [1.54, 1.807) is 28.0 Å². The summed E-state index contributed by atoms with van der Waals surface area (Å²) in [4.78, 5) is 18.6. The van der Waals surface area contributed by atoms with Crippen molar-refractivity contribution < 1.29 is 14.3 Å². The molecule has 0 radical (unpaired) electrons. The molecule has 10 heteroatoms. The van der Waals surface area contributed by atoms with E-state index in [0.717, 1.165) is 10.7 Å². The first-order valence-corrected chi connectivity index (χ1v) is 8.60. The minimum Gasteiger partial charge on any atom is -0.383 e. The average Bonchev–Trinajstić information content (AvgIpc) is 3.22. The van der Waals surface area contributed by atoms with Crippen LogP contribution in [0.15, 0.2) is 5.38 Å². The molecule has 130 valence electrons. The van der Waals surface area contributed by atoms with Crippen molar-refractivity contribution in [1.82, 2.24) is 30.1 Å². The van der Waals surface area contributed by atoms with Gasteiger partial charge in [-0.3, -0.25) is 4.79 Å². The summed E-state index contributed by atoms with van der Waals surface area (Å²) in [6.45, 7) is 4.46. The number of tetrazole rings is 1. The zero-order chi connectivity index (χ0) is 16.9. The highest BCUT2D eigenvalue weighted by atomic mass is 32.1. The van der Waals surface area contributed by atoms with E-state index in [1.165, 1.54) is 0 Å². The van der Waals surface area contributed by atoms with Crippen LogP contribution in [0.1, 0.15) is 22.6 Å². The van der Waals surface area contributed by atoms with Crippen LogP contribution in [-0.4, -0.2) is 69.4 Å². The summed E-state index contributed by atoms with van der Waals surface area (Å²) < 4.78 is 12.5. The van der Waals surface area contributed by atoms with Gasteiger partial charge in [0.15, 0.2) is 5.82 Å². The number of aromatic nitrogens is 5. The third kappa shape index (κ3) is 3.94. The first-order valence-electron chi connectivity index (χ1n) is 7.72. The van der Waals surface area contributed by atoms with E-state index in [-0.39, 0.29) is 12.0 Å². The molecule has 3 heterocycles. The SMILES string of the molecule is COCCn1nnnc1[C@H]1CN(C(=O)Cc2csc(C)n2)CCO1. The lowest BCUT2D eigenvalue weighted by Gasteiger charge is -2.32. The monoisotopic (exact) mass is 352 g/mol. The lowest BCUT2D eigenvalue weighted by atomic mass is 10.2. The number of nitrogens with zero attached hydrogens (tertiary/aromatic N) is 6. The molecule has 1 saturated heterocycles. The standard InChI is InChI=1S/C14H20N6O3S/c1-10-15-11(9-24-10)7-13(21)19-3-6-23-12(8-19)14-16-17-18-20(14)4-5-22-2/h9,12H,3-8H2,1-2H3/t12-/m1/s1. The molecule has 1 atom stereocenters. The Bertz CT molecular complexity index is 688. The molecular formula is C14H20N6O3S. The zero-order valence-electron chi connectivity index (χ0n) is 13.7. The molecule has 1 amide bonds. The molecule has 2 aromatic heterocycles. The van der Waals surface area contributed by atoms with Gasteiger partial charge in [-0.05, 0) is 17.4 Å². The van der Waals surface area contributed by atoms with Crippen molar-refractivity contribution in [3.05, 3.63) is 21.9 Å². The second kappa shape index (κ2) is 7.77. The van der Waals surface area contributed by atoms with Crippen LogP contribution >= 0.6 is 11.3 Å². The van der Waals surface area contributed by atoms with Crippen LogP contribution in [0.4, 0.5) is 0 Å². The highest BCUT2D eigenvalue weighted by molar-refractivity contribution is 7.09. The van der Waals surface area contributed by atoms with Gasteiger partial charge in [0.2, 0.25) is 5.91 Å². The summed E-state index contributed by atoms with van der Waals surface area (Å²) in [5.41, 5.74) is 0.815. The summed E-state index contributed by atoms with van der Waals surface area (Å²) in [6.07, 6.45) is -0.0159. The highest BCUT2D eigenvalue weighted by Gasteiger charge is 2.29. The fourth-order valence-electron chi connectivity index (χ4n) is 2.57. The largest absolute Gasteiger partial charge is 0.383 e. The number of carbonyl (C=O) groups excluding carboxylic acids is 1. The highest BCUT2D eigenvalue weighted by Crippen LogP contribution is 2.20. The summed E-state index contributed by atoms with van der Waals surface area (Å²) in [6, 6.07) is 0. The van der Waals surface area contributed by atoms with Gasteiger partial charge in [-0.1, -0.05) is 0 Å². The molecule has 1 aliphatic rings. The molecular weight excluding hydrogens is 332 g/mol. The predicted molar refractivity (Wildman–Crippen MR) is 85.5 cm³/mol. The molecule has 2 aromatic rings. The van der Waals surface area contributed by atoms with E-state index in [1.807, 2.05) is 12.3 Å². The molecule has 0 bridgehead atoms. The second-order valence-electron chi connectivity index (χ2n) is 5.49. The van der Waals surface area contributed by atoms with Crippen LogP contribution in [0.3, 0.4) is 0 Å². The second-order valence-corrected chi connectivity index (χ2v) is 6.55. The van der Waals surface area contributed by atoms with Crippen LogP contribution in [0, 0.1) is 6.92 Å². The molecule has 0 aromatic carbocycles. The molecule has 0 N–H and O–H groups in total. The first-order chi connectivity index (χ1) is 11.7. The maximum atomic E-state index is 12.5. The predicted octanol–water partition coefficient (Wildman–Crippen LogP) is 0.227. The third-order valence-corrected chi connectivity index (χ3v) is 4.60. The van der Waals surface area contributed by atoms with Gasteiger partial charge >= 0.3 is 0 Å². The lowest BCUT2D eigenvalue weighted by Crippen LogP contribution is -2.43. The minimum absolute atomic E-state index is 0.0458. The van der Waals surface area contributed by atoms with Gasteiger partial charge in [-0.25, -0.2) is 9.67 Å². The molecule has 9 nitrogen and oxygen atoms in total. The Balaban J connectivity index is 1.63. The number of rotatable bonds is 6. The first kappa shape index (κ1) is 16.9. The molecule has 3 rings (SSSR count). The molecule has 0 saturated carbocycles. The normalized spacial score (nSPS) is 18.1. The van der Waals surface area contributed by atoms with Crippen molar-refractivity contribution in [3.8, 4) is 0 Å². The maximum Gasteiger partial charge on any atom is 0.228 e. The van der Waals surface area contributed by atoms with Crippen LogP contribution in [0.2, 0.25) is 0 Å². The Hall–Kier alpha value is -1.91. The fourth-order valence-corrected chi connectivity index (χ4v) is 3.18. The Labute approximate surface area is 143 Å².